The number of carboxylic acids is 1. The van der Waals surface area contributed by atoms with Crippen molar-refractivity contribution < 1.29 is 27.9 Å². The highest BCUT2D eigenvalue weighted by Crippen LogP contribution is 2.16. The van der Waals surface area contributed by atoms with Gasteiger partial charge < -0.3 is 15.2 Å². The molecule has 3 N–H and O–H groups in total. The highest BCUT2D eigenvalue weighted by Gasteiger charge is 2.28. The molecule has 25 heavy (non-hydrogen) atoms. The monoisotopic (exact) mass is 372 g/mol. The summed E-state index contributed by atoms with van der Waals surface area (Å²) in [5.41, 5.74) is 0. The first-order valence-corrected chi connectivity index (χ1v) is 9.23. The number of carbonyl (C=O) groups excluding carboxylic acids is 1. The number of methoxy groups -OCH3 is 1. The molecular formula is C16H24N2O6S. The molecular weight excluding hydrogens is 348 g/mol. The molecule has 0 aliphatic carbocycles. The van der Waals surface area contributed by atoms with Crippen molar-refractivity contribution in [1.29, 1.82) is 0 Å². The minimum absolute atomic E-state index is 0.00524. The van der Waals surface area contributed by atoms with E-state index in [1.807, 2.05) is 0 Å². The van der Waals surface area contributed by atoms with Crippen molar-refractivity contribution >= 4 is 21.9 Å². The Kier molecular flexibility index (Phi) is 7.38. The molecule has 0 bridgehead atoms. The van der Waals surface area contributed by atoms with Crippen molar-refractivity contribution in [3.8, 4) is 5.75 Å². The standard InChI is InChI=1S/C16H24N2O6S/c1-10(2)14(15(19)17-9-11(3)16(20)21)18-25(22,23)13-7-5-12(24-4)6-8-13/h5-8,10-11,14,18H,9H2,1-4H3,(H,17,19)(H,20,21). The van der Waals surface area contributed by atoms with Crippen molar-refractivity contribution in [2.75, 3.05) is 13.7 Å². The van der Waals surface area contributed by atoms with Crippen molar-refractivity contribution in [3.05, 3.63) is 24.3 Å². The van der Waals surface area contributed by atoms with Crippen molar-refractivity contribution in [2.45, 2.75) is 31.7 Å². The summed E-state index contributed by atoms with van der Waals surface area (Å²) in [4.78, 5) is 23.1. The molecule has 0 saturated carbocycles. The van der Waals surface area contributed by atoms with E-state index >= 15 is 0 Å². The third-order valence-electron chi connectivity index (χ3n) is 3.61. The number of carbonyl (C=O) groups is 2. The molecule has 1 amide bonds. The summed E-state index contributed by atoms with van der Waals surface area (Å²) in [7, 11) is -2.44. The van der Waals surface area contributed by atoms with Crippen LogP contribution in [0.5, 0.6) is 5.75 Å². The molecule has 0 aliphatic rings. The van der Waals surface area contributed by atoms with Gasteiger partial charge in [-0.3, -0.25) is 9.59 Å². The van der Waals surface area contributed by atoms with E-state index in [0.29, 0.717) is 5.75 Å². The lowest BCUT2D eigenvalue weighted by molar-refractivity contribution is -0.141. The third kappa shape index (κ3) is 6.02. The molecule has 0 fully saturated rings. The summed E-state index contributed by atoms with van der Waals surface area (Å²) >= 11 is 0. The Labute approximate surface area is 147 Å². The molecule has 0 radical (unpaired) electrons. The van der Waals surface area contributed by atoms with E-state index in [9.17, 15) is 18.0 Å². The Hall–Kier alpha value is -2.13. The number of sulfonamides is 1. The minimum Gasteiger partial charge on any atom is -0.497 e. The number of hydrogen-bond donors (Lipinski definition) is 3. The van der Waals surface area contributed by atoms with Crippen molar-refractivity contribution in [2.24, 2.45) is 11.8 Å². The van der Waals surface area contributed by atoms with Gasteiger partial charge in [-0.1, -0.05) is 20.8 Å². The number of carboxylic acid groups (broad SMARTS) is 1. The van der Waals surface area contributed by atoms with Gasteiger partial charge in [0, 0.05) is 6.54 Å². The first kappa shape index (κ1) is 20.9. The lowest BCUT2D eigenvalue weighted by Gasteiger charge is -2.22. The lowest BCUT2D eigenvalue weighted by Crippen LogP contribution is -2.50. The van der Waals surface area contributed by atoms with Crippen LogP contribution in [0.25, 0.3) is 0 Å². The van der Waals surface area contributed by atoms with Gasteiger partial charge in [0.1, 0.15) is 11.8 Å². The number of benzene rings is 1. The van der Waals surface area contributed by atoms with Crippen LogP contribution in [0.4, 0.5) is 0 Å². The molecule has 2 unspecified atom stereocenters. The van der Waals surface area contributed by atoms with Gasteiger partial charge in [0.15, 0.2) is 0 Å². The first-order chi connectivity index (χ1) is 11.6. The summed E-state index contributed by atoms with van der Waals surface area (Å²) in [6, 6.07) is 4.75. The van der Waals surface area contributed by atoms with Crippen molar-refractivity contribution in [3.63, 3.8) is 0 Å². The number of rotatable bonds is 9. The fourth-order valence-electron chi connectivity index (χ4n) is 1.93. The number of amides is 1. The van der Waals surface area contributed by atoms with Gasteiger partial charge in [0.05, 0.1) is 17.9 Å². The quantitative estimate of drug-likeness (QED) is 0.590. The van der Waals surface area contributed by atoms with E-state index < -0.39 is 33.9 Å². The third-order valence-corrected chi connectivity index (χ3v) is 5.06. The van der Waals surface area contributed by atoms with E-state index in [-0.39, 0.29) is 17.4 Å². The van der Waals surface area contributed by atoms with Crippen LogP contribution < -0.4 is 14.8 Å². The second kappa shape index (κ2) is 8.82. The summed E-state index contributed by atoms with van der Waals surface area (Å²) in [6.07, 6.45) is 0. The second-order valence-electron chi connectivity index (χ2n) is 6.00. The fourth-order valence-corrected chi connectivity index (χ4v) is 3.28. The number of hydrogen-bond acceptors (Lipinski definition) is 5. The van der Waals surface area contributed by atoms with Gasteiger partial charge in [0.25, 0.3) is 0 Å². The van der Waals surface area contributed by atoms with Gasteiger partial charge in [-0.05, 0) is 30.2 Å². The topological polar surface area (TPSA) is 122 Å². The Bertz CT molecular complexity index is 700. The van der Waals surface area contributed by atoms with Crippen LogP contribution in [-0.4, -0.2) is 45.1 Å². The second-order valence-corrected chi connectivity index (χ2v) is 7.72. The van der Waals surface area contributed by atoms with Crippen LogP contribution in [-0.2, 0) is 19.6 Å². The van der Waals surface area contributed by atoms with Gasteiger partial charge in [-0.15, -0.1) is 0 Å². The van der Waals surface area contributed by atoms with E-state index in [2.05, 4.69) is 10.0 Å². The average Bonchev–Trinajstić information content (AvgIpc) is 2.56. The maximum Gasteiger partial charge on any atom is 0.308 e. The SMILES string of the molecule is COc1ccc(S(=O)(=O)NC(C(=O)NCC(C)C(=O)O)C(C)C)cc1. The Morgan fingerprint density at radius 3 is 2.16 bits per heavy atom. The molecule has 0 aliphatic heterocycles. The normalized spacial score (nSPS) is 14.0. The van der Waals surface area contributed by atoms with Gasteiger partial charge in [-0.2, -0.15) is 4.72 Å². The van der Waals surface area contributed by atoms with E-state index in [1.165, 1.54) is 38.3 Å². The number of aliphatic carboxylic acids is 1. The van der Waals surface area contributed by atoms with Crippen LogP contribution in [0.1, 0.15) is 20.8 Å². The van der Waals surface area contributed by atoms with E-state index in [4.69, 9.17) is 9.84 Å². The predicted molar refractivity (Wildman–Crippen MR) is 91.8 cm³/mol. The predicted octanol–water partition coefficient (Wildman–Crippen LogP) is 0.835. The average molecular weight is 372 g/mol. The van der Waals surface area contributed by atoms with Crippen LogP contribution in [0.3, 0.4) is 0 Å². The largest absolute Gasteiger partial charge is 0.497 e. The molecule has 0 spiro atoms. The zero-order valence-corrected chi connectivity index (χ0v) is 15.5. The highest BCUT2D eigenvalue weighted by atomic mass is 32.2. The van der Waals surface area contributed by atoms with Crippen LogP contribution in [0, 0.1) is 11.8 Å². The number of nitrogens with one attached hydrogen (secondary N) is 2. The molecule has 0 heterocycles. The Morgan fingerprint density at radius 2 is 1.72 bits per heavy atom. The summed E-state index contributed by atoms with van der Waals surface area (Å²) in [6.45, 7) is 4.76. The molecule has 8 nitrogen and oxygen atoms in total. The zero-order chi connectivity index (χ0) is 19.2. The molecule has 1 aromatic rings. The molecule has 0 saturated heterocycles. The van der Waals surface area contributed by atoms with Gasteiger partial charge in [-0.25, -0.2) is 8.42 Å². The maximum absolute atomic E-state index is 12.5. The lowest BCUT2D eigenvalue weighted by atomic mass is 10.0. The fraction of sp³-hybridized carbons (Fsp3) is 0.500. The van der Waals surface area contributed by atoms with Crippen LogP contribution in [0.15, 0.2) is 29.2 Å². The van der Waals surface area contributed by atoms with E-state index in [1.54, 1.807) is 13.8 Å². The van der Waals surface area contributed by atoms with Crippen LogP contribution >= 0.6 is 0 Å². The summed E-state index contributed by atoms with van der Waals surface area (Å²) in [5.74, 6) is -2.19. The molecule has 140 valence electrons. The molecule has 0 aromatic heterocycles. The number of ether oxygens (including phenoxy) is 1. The van der Waals surface area contributed by atoms with Gasteiger partial charge >= 0.3 is 5.97 Å². The Morgan fingerprint density at radius 1 is 1.16 bits per heavy atom. The van der Waals surface area contributed by atoms with Gasteiger partial charge in [0.2, 0.25) is 15.9 Å². The highest BCUT2D eigenvalue weighted by molar-refractivity contribution is 7.89. The molecule has 1 aromatic carbocycles. The van der Waals surface area contributed by atoms with Crippen LogP contribution in [0.2, 0.25) is 0 Å². The van der Waals surface area contributed by atoms with Crippen molar-refractivity contribution in [1.82, 2.24) is 10.0 Å². The molecule has 1 rings (SSSR count). The summed E-state index contributed by atoms with van der Waals surface area (Å²) < 4.78 is 32.3. The smallest absolute Gasteiger partial charge is 0.308 e. The zero-order valence-electron chi connectivity index (χ0n) is 14.6. The summed E-state index contributed by atoms with van der Waals surface area (Å²) in [5, 5.41) is 11.3. The first-order valence-electron chi connectivity index (χ1n) is 7.75. The maximum atomic E-state index is 12.5. The Balaban J connectivity index is 2.88. The molecule has 9 heteroatoms. The molecule has 2 atom stereocenters. The van der Waals surface area contributed by atoms with E-state index in [0.717, 1.165) is 0 Å². The minimum atomic E-state index is -3.91.